The van der Waals surface area contributed by atoms with E-state index < -0.39 is 0 Å². The van der Waals surface area contributed by atoms with Gasteiger partial charge in [0.25, 0.3) is 0 Å². The molecule has 0 aliphatic carbocycles. The Hall–Kier alpha value is -1.18. The van der Waals surface area contributed by atoms with E-state index in [4.69, 9.17) is 70.6 Å². The molecule has 0 amide bonds. The summed E-state index contributed by atoms with van der Waals surface area (Å²) < 4.78 is 0. The molecule has 2 rings (SSSR count). The van der Waals surface area contributed by atoms with Gasteiger partial charge in [-0.3, -0.25) is 0 Å². The van der Waals surface area contributed by atoms with Gasteiger partial charge in [-0.25, -0.2) is 0 Å². The maximum atomic E-state index is 6.04. The van der Waals surface area contributed by atoms with Crippen LogP contribution in [0.1, 0.15) is 0 Å². The van der Waals surface area contributed by atoms with Crippen LogP contribution in [0.3, 0.4) is 0 Å². The third-order valence-electron chi connectivity index (χ3n) is 3.83. The molecule has 10 heteroatoms. The lowest BCUT2D eigenvalue weighted by Gasteiger charge is -2.31. The zero-order chi connectivity index (χ0) is 17.6. The highest BCUT2D eigenvalue weighted by Gasteiger charge is 2.17. The van der Waals surface area contributed by atoms with Crippen molar-refractivity contribution in [2.45, 2.75) is 0 Å². The fourth-order valence-electron chi connectivity index (χ4n) is 2.34. The van der Waals surface area contributed by atoms with Crippen LogP contribution in [0.15, 0.2) is 6.07 Å². The molecule has 0 saturated heterocycles. The van der Waals surface area contributed by atoms with Gasteiger partial charge in [0.05, 0.1) is 0 Å². The summed E-state index contributed by atoms with van der Waals surface area (Å²) in [5, 5.41) is 0. The molecule has 18 radical (unpaired) electrons. The largest absolute Gasteiger partial charge is 0.346 e. The van der Waals surface area contributed by atoms with Crippen molar-refractivity contribution >= 4 is 131 Å². The smallest absolute Gasteiger partial charge is 0.115 e. The Morgan fingerprint density at radius 3 is 1.43 bits per heavy atom. The summed E-state index contributed by atoms with van der Waals surface area (Å²) >= 11 is 0. The van der Waals surface area contributed by atoms with E-state index in [-0.39, 0.29) is 49.2 Å². The van der Waals surface area contributed by atoms with Crippen LogP contribution in [0.5, 0.6) is 0 Å². The summed E-state index contributed by atoms with van der Waals surface area (Å²) in [7, 11) is 54.8. The second kappa shape index (κ2) is 6.38. The molecule has 0 fully saturated rings. The lowest BCUT2D eigenvalue weighted by atomic mass is 9.61. The monoisotopic (exact) mass is 273 g/mol. The average Bonchev–Trinajstić information content (AvgIpc) is 2.52. The first-order valence-corrected chi connectivity index (χ1v) is 6.57. The van der Waals surface area contributed by atoms with Crippen LogP contribution in [0, 0.1) is 0 Å². The van der Waals surface area contributed by atoms with Crippen LogP contribution in [0.4, 0.5) is 11.4 Å². The Morgan fingerprint density at radius 2 is 0.957 bits per heavy atom. The SMILES string of the molecule is [B]c1cc(N(C)c2c([B])c([B])c([B])c([B])c2[B])c([B])c([B])c1[B]. The minimum absolute atomic E-state index is 0.126. The van der Waals surface area contributed by atoms with E-state index in [0.29, 0.717) is 11.4 Å². The summed E-state index contributed by atoms with van der Waals surface area (Å²) in [4.78, 5) is 1.58. The summed E-state index contributed by atoms with van der Waals surface area (Å²) in [5.74, 6) is 0. The Balaban J connectivity index is 2.75. The van der Waals surface area contributed by atoms with E-state index in [1.165, 1.54) is 0 Å². The predicted molar refractivity (Wildman–Crippen MR) is 109 cm³/mol. The number of hydrogen-bond donors (Lipinski definition) is 0. The van der Waals surface area contributed by atoms with Gasteiger partial charge in [-0.1, -0.05) is 16.4 Å². The molecule has 23 heavy (non-hydrogen) atoms. The standard InChI is InChI=1S/C13H4B9N/c1-23(4-2-3(14)5(15)7(17)6(4)16)13-11(21)9(19)8(18)10(20)12(13)22/h2H,1H3. The first kappa shape index (κ1) is 18.2. The molecule has 88 valence electrons. The fourth-order valence-corrected chi connectivity index (χ4v) is 2.34. The van der Waals surface area contributed by atoms with Gasteiger partial charge in [0.1, 0.15) is 70.6 Å². The minimum Gasteiger partial charge on any atom is -0.346 e. The van der Waals surface area contributed by atoms with Gasteiger partial charge in [-0.05, 0) is 6.07 Å². The molecule has 0 unspecified atom stereocenters. The molecule has 0 spiro atoms. The number of benzene rings is 2. The van der Waals surface area contributed by atoms with E-state index in [0.717, 1.165) is 0 Å². The normalized spacial score (nSPS) is 10.7. The highest BCUT2D eigenvalue weighted by molar-refractivity contribution is 6.69. The first-order chi connectivity index (χ1) is 10.6. The van der Waals surface area contributed by atoms with E-state index >= 15 is 0 Å². The Labute approximate surface area is 149 Å². The topological polar surface area (TPSA) is 3.24 Å². The van der Waals surface area contributed by atoms with Crippen molar-refractivity contribution in [3.8, 4) is 0 Å². The molecule has 0 heterocycles. The number of rotatable bonds is 2. The predicted octanol–water partition coefficient (Wildman–Crippen LogP) is -7.40. The molecule has 2 aromatic rings. The highest BCUT2D eigenvalue weighted by atomic mass is 15.1. The van der Waals surface area contributed by atoms with Crippen molar-refractivity contribution in [2.75, 3.05) is 11.9 Å². The Kier molecular flexibility index (Phi) is 5.04. The zero-order valence-corrected chi connectivity index (χ0v) is 12.7. The van der Waals surface area contributed by atoms with E-state index in [1.807, 2.05) is 0 Å². The van der Waals surface area contributed by atoms with E-state index in [1.54, 1.807) is 18.0 Å². The van der Waals surface area contributed by atoms with Crippen LogP contribution in [-0.2, 0) is 0 Å². The summed E-state index contributed by atoms with van der Waals surface area (Å²) in [5.41, 5.74) is 2.41. The second-order valence-electron chi connectivity index (χ2n) is 5.20. The van der Waals surface area contributed by atoms with Crippen molar-refractivity contribution in [3.05, 3.63) is 6.07 Å². The lowest BCUT2D eigenvalue weighted by Crippen LogP contribution is -2.56. The minimum atomic E-state index is 0.126. The van der Waals surface area contributed by atoms with Gasteiger partial charge in [-0.2, -0.15) is 0 Å². The summed E-state index contributed by atoms with van der Waals surface area (Å²) in [6, 6.07) is 1.56. The molecule has 0 bridgehead atoms. The van der Waals surface area contributed by atoms with Crippen LogP contribution < -0.4 is 54.1 Å². The van der Waals surface area contributed by atoms with Gasteiger partial charge >= 0.3 is 0 Å². The van der Waals surface area contributed by atoms with Crippen molar-refractivity contribution in [2.24, 2.45) is 0 Å². The maximum absolute atomic E-state index is 6.04. The lowest BCUT2D eigenvalue weighted by molar-refractivity contribution is 1.24. The van der Waals surface area contributed by atoms with Crippen LogP contribution in [0.2, 0.25) is 0 Å². The van der Waals surface area contributed by atoms with Crippen molar-refractivity contribution < 1.29 is 0 Å². The molecule has 0 aliphatic rings. The maximum Gasteiger partial charge on any atom is 0.115 e. The molecule has 0 aliphatic heterocycles. The average molecular weight is 271 g/mol. The Morgan fingerprint density at radius 1 is 0.565 bits per heavy atom. The van der Waals surface area contributed by atoms with Crippen molar-refractivity contribution in [3.63, 3.8) is 0 Å². The second-order valence-corrected chi connectivity index (χ2v) is 5.20. The van der Waals surface area contributed by atoms with Crippen LogP contribution in [-0.4, -0.2) is 77.7 Å². The van der Waals surface area contributed by atoms with Gasteiger partial charge < -0.3 is 4.90 Å². The molecule has 1 nitrogen and oxygen atoms in total. The van der Waals surface area contributed by atoms with Crippen LogP contribution in [0.25, 0.3) is 0 Å². The summed E-state index contributed by atoms with van der Waals surface area (Å²) in [6.45, 7) is 0. The third-order valence-corrected chi connectivity index (χ3v) is 3.83. The zero-order valence-electron chi connectivity index (χ0n) is 12.7. The van der Waals surface area contributed by atoms with Gasteiger partial charge in [0.15, 0.2) is 0 Å². The van der Waals surface area contributed by atoms with E-state index in [2.05, 4.69) is 0 Å². The molecule has 2 aromatic carbocycles. The molecular formula is C13H4B9N. The van der Waals surface area contributed by atoms with Gasteiger partial charge in [0, 0.05) is 18.4 Å². The van der Waals surface area contributed by atoms with Crippen molar-refractivity contribution in [1.29, 1.82) is 0 Å². The summed E-state index contributed by atoms with van der Waals surface area (Å²) in [6.07, 6.45) is 0. The molecular weight excluding hydrogens is 267 g/mol. The Bertz CT molecular complexity index is 774. The van der Waals surface area contributed by atoms with Gasteiger partial charge in [-0.15, -0.1) is 32.8 Å². The fraction of sp³-hybridized carbons (Fsp3) is 0.0769. The molecule has 0 aromatic heterocycles. The van der Waals surface area contributed by atoms with Gasteiger partial charge in [0.2, 0.25) is 0 Å². The third kappa shape index (κ3) is 2.86. The molecule has 0 N–H and O–H groups in total. The van der Waals surface area contributed by atoms with E-state index in [9.17, 15) is 0 Å². The number of hydrogen-bond acceptors (Lipinski definition) is 1. The molecule has 0 saturated carbocycles. The number of anilines is 2. The molecule has 0 atom stereocenters. The quantitative estimate of drug-likeness (QED) is 0.491. The van der Waals surface area contributed by atoms with Crippen LogP contribution >= 0.6 is 0 Å². The number of nitrogens with zero attached hydrogens (tertiary/aromatic N) is 1. The highest BCUT2D eigenvalue weighted by Crippen LogP contribution is 2.14. The van der Waals surface area contributed by atoms with Crippen molar-refractivity contribution in [1.82, 2.24) is 0 Å². The first-order valence-electron chi connectivity index (χ1n) is 6.57.